The zero-order valence-electron chi connectivity index (χ0n) is 15.6. The Morgan fingerprint density at radius 2 is 2.08 bits per heavy atom. The van der Waals surface area contributed by atoms with Crippen LogP contribution in [0.1, 0.15) is 74.0 Å². The van der Waals surface area contributed by atoms with E-state index < -0.39 is 6.10 Å². The number of esters is 2. The molecule has 1 aromatic rings. The molecule has 0 aromatic heterocycles. The van der Waals surface area contributed by atoms with Crippen molar-refractivity contribution in [3.8, 4) is 0 Å². The summed E-state index contributed by atoms with van der Waals surface area (Å²) in [6, 6.07) is 5.65. The number of fused-ring (bicyclic) bond motifs is 1. The molecule has 1 aliphatic carbocycles. The fourth-order valence-electron chi connectivity index (χ4n) is 4.26. The average molecular weight is 344 g/mol. The van der Waals surface area contributed by atoms with Crippen molar-refractivity contribution in [2.45, 2.75) is 65.6 Å². The average Bonchev–Trinajstić information content (AvgIpc) is 2.84. The Bertz CT molecular complexity index is 664. The summed E-state index contributed by atoms with van der Waals surface area (Å²) in [5.74, 6) is 0.897. The monoisotopic (exact) mass is 344 g/mol. The molecule has 0 spiro atoms. The second kappa shape index (κ2) is 7.19. The lowest BCUT2D eigenvalue weighted by molar-refractivity contribution is -0.158. The van der Waals surface area contributed by atoms with E-state index in [1.807, 2.05) is 25.1 Å². The van der Waals surface area contributed by atoms with Crippen molar-refractivity contribution in [1.82, 2.24) is 0 Å². The van der Waals surface area contributed by atoms with E-state index in [2.05, 4.69) is 20.8 Å². The third-order valence-corrected chi connectivity index (χ3v) is 5.70. The first-order valence-corrected chi connectivity index (χ1v) is 9.36. The van der Waals surface area contributed by atoms with Gasteiger partial charge in [-0.3, -0.25) is 4.79 Å². The number of carbonyl (C=O) groups is 2. The summed E-state index contributed by atoms with van der Waals surface area (Å²) in [4.78, 5) is 24.6. The number of aryl methyl sites for hydroxylation is 1. The number of ether oxygens (including phenoxy) is 2. The Morgan fingerprint density at radius 1 is 1.32 bits per heavy atom. The van der Waals surface area contributed by atoms with E-state index in [1.54, 1.807) is 0 Å². The van der Waals surface area contributed by atoms with Gasteiger partial charge in [0.2, 0.25) is 0 Å². The molecule has 0 N–H and O–H groups in total. The maximum absolute atomic E-state index is 12.5. The van der Waals surface area contributed by atoms with Gasteiger partial charge in [0.15, 0.2) is 0 Å². The minimum absolute atomic E-state index is 0.0228. The summed E-state index contributed by atoms with van der Waals surface area (Å²) < 4.78 is 11.3. The molecule has 0 amide bonds. The molecular formula is C21H28O4. The second-order valence-corrected chi connectivity index (χ2v) is 7.99. The smallest absolute Gasteiger partial charge is 0.339 e. The van der Waals surface area contributed by atoms with E-state index in [1.165, 1.54) is 6.42 Å². The summed E-state index contributed by atoms with van der Waals surface area (Å²) in [5.41, 5.74) is 2.30. The van der Waals surface area contributed by atoms with Gasteiger partial charge in [-0.2, -0.15) is 0 Å². The van der Waals surface area contributed by atoms with E-state index in [-0.39, 0.29) is 24.5 Å². The van der Waals surface area contributed by atoms with Gasteiger partial charge in [-0.15, -0.1) is 0 Å². The predicted molar refractivity (Wildman–Crippen MR) is 95.2 cm³/mol. The third kappa shape index (κ3) is 3.73. The minimum Gasteiger partial charge on any atom is -0.462 e. The zero-order valence-corrected chi connectivity index (χ0v) is 15.6. The molecule has 136 valence electrons. The van der Waals surface area contributed by atoms with Crippen LogP contribution in [-0.2, 0) is 14.3 Å². The number of hydrogen-bond acceptors (Lipinski definition) is 4. The molecule has 1 aliphatic heterocycles. The van der Waals surface area contributed by atoms with Gasteiger partial charge in [0.05, 0.1) is 12.0 Å². The zero-order chi connectivity index (χ0) is 18.1. The second-order valence-electron chi connectivity index (χ2n) is 7.99. The molecular weight excluding hydrogens is 316 g/mol. The third-order valence-electron chi connectivity index (χ3n) is 5.70. The van der Waals surface area contributed by atoms with Gasteiger partial charge in [-0.1, -0.05) is 45.4 Å². The first kappa shape index (κ1) is 18.0. The molecule has 4 atom stereocenters. The largest absolute Gasteiger partial charge is 0.462 e. The highest BCUT2D eigenvalue weighted by Gasteiger charge is 2.37. The molecule has 1 heterocycles. The Labute approximate surface area is 149 Å². The molecule has 4 nitrogen and oxygen atoms in total. The molecule has 3 rings (SSSR count). The van der Waals surface area contributed by atoms with Crippen LogP contribution in [0.15, 0.2) is 18.2 Å². The lowest BCUT2D eigenvalue weighted by Gasteiger charge is -2.36. The molecule has 1 fully saturated rings. The van der Waals surface area contributed by atoms with Crippen LogP contribution in [0.3, 0.4) is 0 Å². The van der Waals surface area contributed by atoms with Crippen LogP contribution in [0.4, 0.5) is 0 Å². The highest BCUT2D eigenvalue weighted by Crippen LogP contribution is 2.38. The lowest BCUT2D eigenvalue weighted by atomic mass is 9.75. The van der Waals surface area contributed by atoms with E-state index in [9.17, 15) is 9.59 Å². The van der Waals surface area contributed by atoms with Gasteiger partial charge in [0, 0.05) is 5.56 Å². The van der Waals surface area contributed by atoms with E-state index in [0.717, 1.165) is 24.0 Å². The SMILES string of the molecule is Cc1cccc2c1C(=O)O[C@H]2CC(=O)O[C@@H]1C[C@H](C)CC[C@H]1C(C)C. The van der Waals surface area contributed by atoms with E-state index in [0.29, 0.717) is 23.3 Å². The molecule has 0 radical (unpaired) electrons. The van der Waals surface area contributed by atoms with Crippen LogP contribution < -0.4 is 0 Å². The van der Waals surface area contributed by atoms with Crippen LogP contribution in [0.25, 0.3) is 0 Å². The quantitative estimate of drug-likeness (QED) is 0.749. The Kier molecular flexibility index (Phi) is 5.16. The van der Waals surface area contributed by atoms with Gasteiger partial charge in [-0.25, -0.2) is 4.79 Å². The van der Waals surface area contributed by atoms with Crippen molar-refractivity contribution in [1.29, 1.82) is 0 Å². The maximum atomic E-state index is 12.5. The molecule has 4 heteroatoms. The highest BCUT2D eigenvalue weighted by molar-refractivity contribution is 5.96. The summed E-state index contributed by atoms with van der Waals surface area (Å²) in [7, 11) is 0. The number of rotatable bonds is 4. The van der Waals surface area contributed by atoms with Gasteiger partial charge in [0.25, 0.3) is 0 Å². The first-order chi connectivity index (χ1) is 11.9. The summed E-state index contributed by atoms with van der Waals surface area (Å²) >= 11 is 0. The van der Waals surface area contributed by atoms with Crippen molar-refractivity contribution in [3.05, 3.63) is 34.9 Å². The van der Waals surface area contributed by atoms with E-state index >= 15 is 0 Å². The van der Waals surface area contributed by atoms with Crippen molar-refractivity contribution in [3.63, 3.8) is 0 Å². The van der Waals surface area contributed by atoms with Gasteiger partial charge >= 0.3 is 11.9 Å². The van der Waals surface area contributed by atoms with Crippen LogP contribution in [-0.4, -0.2) is 18.0 Å². The molecule has 2 aliphatic rings. The van der Waals surface area contributed by atoms with Crippen LogP contribution in [0, 0.1) is 24.7 Å². The maximum Gasteiger partial charge on any atom is 0.339 e. The molecule has 0 saturated heterocycles. The number of hydrogen-bond donors (Lipinski definition) is 0. The highest BCUT2D eigenvalue weighted by atomic mass is 16.6. The Hall–Kier alpha value is -1.84. The summed E-state index contributed by atoms with van der Waals surface area (Å²) in [5, 5.41) is 0. The van der Waals surface area contributed by atoms with Gasteiger partial charge in [0.1, 0.15) is 12.2 Å². The van der Waals surface area contributed by atoms with Crippen molar-refractivity contribution < 1.29 is 19.1 Å². The van der Waals surface area contributed by atoms with Gasteiger partial charge < -0.3 is 9.47 Å². The Morgan fingerprint density at radius 3 is 2.80 bits per heavy atom. The predicted octanol–water partition coefficient (Wildman–Crippen LogP) is 4.60. The number of benzene rings is 1. The summed E-state index contributed by atoms with van der Waals surface area (Å²) in [6.07, 6.45) is 2.78. The fraction of sp³-hybridized carbons (Fsp3) is 0.619. The fourth-order valence-corrected chi connectivity index (χ4v) is 4.26. The van der Waals surface area contributed by atoms with E-state index in [4.69, 9.17) is 9.47 Å². The van der Waals surface area contributed by atoms with Crippen molar-refractivity contribution in [2.75, 3.05) is 0 Å². The normalized spacial score (nSPS) is 28.6. The number of carbonyl (C=O) groups excluding carboxylic acids is 2. The van der Waals surface area contributed by atoms with Crippen molar-refractivity contribution >= 4 is 11.9 Å². The van der Waals surface area contributed by atoms with Crippen LogP contribution in [0.2, 0.25) is 0 Å². The molecule has 25 heavy (non-hydrogen) atoms. The molecule has 0 unspecified atom stereocenters. The minimum atomic E-state index is -0.520. The van der Waals surface area contributed by atoms with Crippen molar-refractivity contribution in [2.24, 2.45) is 17.8 Å². The van der Waals surface area contributed by atoms with Crippen LogP contribution >= 0.6 is 0 Å². The Balaban J connectivity index is 1.67. The molecule has 0 bridgehead atoms. The summed E-state index contributed by atoms with van der Waals surface area (Å²) in [6.45, 7) is 8.49. The molecule has 1 saturated carbocycles. The standard InChI is InChI=1S/C21H28O4/c1-12(2)15-9-8-13(3)10-17(15)24-19(22)11-18-16-7-5-6-14(4)20(16)21(23)25-18/h5-7,12-13,15,17-18H,8-11H2,1-4H3/t13-,15+,17-,18+/m1/s1. The molecule has 1 aromatic carbocycles. The lowest BCUT2D eigenvalue weighted by Crippen LogP contribution is -2.36. The van der Waals surface area contributed by atoms with Crippen LogP contribution in [0.5, 0.6) is 0 Å². The van der Waals surface area contributed by atoms with Gasteiger partial charge in [-0.05, 0) is 43.1 Å². The topological polar surface area (TPSA) is 52.6 Å². The first-order valence-electron chi connectivity index (χ1n) is 9.36. The number of cyclic esters (lactones) is 1.